The molecule has 0 saturated heterocycles. The van der Waals surface area contributed by atoms with Gasteiger partial charge in [-0.25, -0.2) is 4.98 Å². The summed E-state index contributed by atoms with van der Waals surface area (Å²) in [4.78, 5) is 28.2. The van der Waals surface area contributed by atoms with E-state index in [1.807, 2.05) is 32.9 Å². The third-order valence-electron chi connectivity index (χ3n) is 3.33. The van der Waals surface area contributed by atoms with E-state index in [0.29, 0.717) is 5.56 Å². The van der Waals surface area contributed by atoms with Gasteiger partial charge in [0.25, 0.3) is 11.8 Å². The van der Waals surface area contributed by atoms with Gasteiger partial charge >= 0.3 is 0 Å². The van der Waals surface area contributed by atoms with Gasteiger partial charge in [0.2, 0.25) is 5.88 Å². The average molecular weight is 362 g/mol. The first kappa shape index (κ1) is 18.7. The van der Waals surface area contributed by atoms with E-state index >= 15 is 0 Å². The molecule has 0 fully saturated rings. The summed E-state index contributed by atoms with van der Waals surface area (Å²) in [6, 6.07) is 8.58. The van der Waals surface area contributed by atoms with Crippen LogP contribution in [-0.2, 0) is 6.42 Å². The summed E-state index contributed by atoms with van der Waals surface area (Å²) in [5.74, 6) is -0.674. The second-order valence-electron chi connectivity index (χ2n) is 5.64. The van der Waals surface area contributed by atoms with E-state index < -0.39 is 11.8 Å². The number of carbonyl (C=O) groups is 2. The number of carbonyl (C=O) groups excluding carboxylic acids is 2. The Balaban J connectivity index is 1.97. The molecule has 0 spiro atoms. The van der Waals surface area contributed by atoms with Gasteiger partial charge in [0.1, 0.15) is 5.02 Å². The first-order chi connectivity index (χ1) is 11.9. The van der Waals surface area contributed by atoms with Crippen molar-refractivity contribution in [2.75, 3.05) is 0 Å². The van der Waals surface area contributed by atoms with E-state index in [2.05, 4.69) is 15.8 Å². The molecule has 2 rings (SSSR count). The second-order valence-corrected chi connectivity index (χ2v) is 6.04. The third-order valence-corrected chi connectivity index (χ3v) is 3.60. The molecule has 0 aliphatic carbocycles. The molecule has 0 saturated carbocycles. The number of aryl methyl sites for hydroxylation is 1. The number of amides is 2. The van der Waals surface area contributed by atoms with Crippen LogP contribution in [0.4, 0.5) is 0 Å². The van der Waals surface area contributed by atoms with Crippen molar-refractivity contribution < 1.29 is 14.3 Å². The van der Waals surface area contributed by atoms with Crippen molar-refractivity contribution in [1.82, 2.24) is 15.8 Å². The molecule has 2 amide bonds. The van der Waals surface area contributed by atoms with E-state index in [4.69, 9.17) is 16.3 Å². The summed E-state index contributed by atoms with van der Waals surface area (Å²) < 4.78 is 5.41. The van der Waals surface area contributed by atoms with Gasteiger partial charge in [-0.3, -0.25) is 20.4 Å². The summed E-state index contributed by atoms with van der Waals surface area (Å²) in [7, 11) is 0. The lowest BCUT2D eigenvalue weighted by Crippen LogP contribution is -2.41. The molecule has 1 aromatic carbocycles. The fourth-order valence-corrected chi connectivity index (χ4v) is 2.22. The van der Waals surface area contributed by atoms with E-state index in [9.17, 15) is 9.59 Å². The lowest BCUT2D eigenvalue weighted by atomic mass is 10.1. The summed E-state index contributed by atoms with van der Waals surface area (Å²) in [6.45, 7) is 5.73. The molecule has 0 radical (unpaired) electrons. The topological polar surface area (TPSA) is 80.3 Å². The van der Waals surface area contributed by atoms with Gasteiger partial charge in [0.05, 0.1) is 11.7 Å². The van der Waals surface area contributed by atoms with Crippen LogP contribution in [0.3, 0.4) is 0 Å². The summed E-state index contributed by atoms with van der Waals surface area (Å²) >= 11 is 6.05. The maximum Gasteiger partial charge on any atom is 0.271 e. The van der Waals surface area contributed by atoms with Crippen molar-refractivity contribution in [1.29, 1.82) is 0 Å². The maximum absolute atomic E-state index is 12.1. The molecule has 6 nitrogen and oxygen atoms in total. The van der Waals surface area contributed by atoms with Crippen LogP contribution in [0, 0.1) is 0 Å². The molecule has 2 N–H and O–H groups in total. The quantitative estimate of drug-likeness (QED) is 0.801. The van der Waals surface area contributed by atoms with Crippen molar-refractivity contribution in [3.05, 3.63) is 58.2 Å². The van der Waals surface area contributed by atoms with Crippen LogP contribution in [0.5, 0.6) is 5.88 Å². The van der Waals surface area contributed by atoms with Crippen LogP contribution in [0.1, 0.15) is 47.1 Å². The average Bonchev–Trinajstić information content (AvgIpc) is 2.60. The number of benzene rings is 1. The molecule has 1 aromatic heterocycles. The monoisotopic (exact) mass is 361 g/mol. The Labute approximate surface area is 151 Å². The Kier molecular flexibility index (Phi) is 6.36. The molecular weight excluding hydrogens is 342 g/mol. The van der Waals surface area contributed by atoms with E-state index in [-0.39, 0.29) is 22.6 Å². The van der Waals surface area contributed by atoms with Crippen molar-refractivity contribution in [3.8, 4) is 5.88 Å². The lowest BCUT2D eigenvalue weighted by Gasteiger charge is -2.11. The Morgan fingerprint density at radius 1 is 1.12 bits per heavy atom. The number of hydrogen-bond acceptors (Lipinski definition) is 4. The third kappa shape index (κ3) is 5.19. The van der Waals surface area contributed by atoms with Crippen molar-refractivity contribution in [2.45, 2.75) is 33.3 Å². The second kappa shape index (κ2) is 8.48. The molecule has 0 unspecified atom stereocenters. The fourth-order valence-electron chi connectivity index (χ4n) is 2.01. The molecule has 2 aromatic rings. The molecule has 0 bridgehead atoms. The zero-order valence-corrected chi connectivity index (χ0v) is 15.1. The predicted octanol–water partition coefficient (Wildman–Crippen LogP) is 3.16. The van der Waals surface area contributed by atoms with Gasteiger partial charge in [-0.2, -0.15) is 0 Å². The number of nitrogens with zero attached hydrogens (tertiary/aromatic N) is 1. The summed E-state index contributed by atoms with van der Waals surface area (Å²) in [5, 5.41) is 0.225. The molecular formula is C18H20ClN3O3. The van der Waals surface area contributed by atoms with Crippen LogP contribution in [-0.4, -0.2) is 22.9 Å². The Bertz CT molecular complexity index is 761. The number of pyridine rings is 1. The van der Waals surface area contributed by atoms with Gasteiger partial charge < -0.3 is 4.74 Å². The van der Waals surface area contributed by atoms with E-state index in [1.165, 1.54) is 12.3 Å². The summed E-state index contributed by atoms with van der Waals surface area (Å²) in [6.07, 6.45) is 2.15. The van der Waals surface area contributed by atoms with Gasteiger partial charge in [0.15, 0.2) is 0 Å². The number of nitrogens with one attached hydrogen (secondary N) is 2. The maximum atomic E-state index is 12.1. The molecule has 25 heavy (non-hydrogen) atoms. The molecule has 1 heterocycles. The molecule has 0 atom stereocenters. The highest BCUT2D eigenvalue weighted by molar-refractivity contribution is 6.32. The number of ether oxygens (including phenoxy) is 1. The van der Waals surface area contributed by atoms with Crippen molar-refractivity contribution in [3.63, 3.8) is 0 Å². The van der Waals surface area contributed by atoms with Crippen LogP contribution in [0.25, 0.3) is 0 Å². The summed E-state index contributed by atoms with van der Waals surface area (Å²) in [5.41, 5.74) is 6.49. The highest BCUT2D eigenvalue weighted by atomic mass is 35.5. The first-order valence-electron chi connectivity index (χ1n) is 7.92. The first-order valence-corrected chi connectivity index (χ1v) is 8.30. The molecule has 0 aliphatic rings. The minimum atomic E-state index is -0.524. The smallest absolute Gasteiger partial charge is 0.271 e. The number of rotatable bonds is 5. The Hall–Kier alpha value is -2.60. The largest absolute Gasteiger partial charge is 0.474 e. The zero-order valence-electron chi connectivity index (χ0n) is 14.3. The number of halogens is 1. The highest BCUT2D eigenvalue weighted by Gasteiger charge is 2.13. The Morgan fingerprint density at radius 2 is 1.72 bits per heavy atom. The van der Waals surface area contributed by atoms with Crippen molar-refractivity contribution >= 4 is 23.4 Å². The van der Waals surface area contributed by atoms with Gasteiger partial charge in [-0.1, -0.05) is 30.7 Å². The van der Waals surface area contributed by atoms with Crippen LogP contribution in [0.15, 0.2) is 36.5 Å². The standard InChI is InChI=1S/C18H20ClN3O3/c1-4-12-5-7-13(8-6-12)16(23)21-22-17(24)14-9-15(19)18(20-10-14)25-11(2)3/h5-11H,4H2,1-3H3,(H,21,23)(H,22,24). The number of aromatic nitrogens is 1. The molecule has 132 valence electrons. The minimum absolute atomic E-state index is 0.0805. The number of hydrazine groups is 1. The van der Waals surface area contributed by atoms with Gasteiger partial charge in [-0.05, 0) is 44.0 Å². The van der Waals surface area contributed by atoms with Crippen LogP contribution >= 0.6 is 11.6 Å². The lowest BCUT2D eigenvalue weighted by molar-refractivity contribution is 0.0846. The minimum Gasteiger partial charge on any atom is -0.474 e. The Morgan fingerprint density at radius 3 is 2.24 bits per heavy atom. The van der Waals surface area contributed by atoms with Crippen LogP contribution in [0.2, 0.25) is 5.02 Å². The van der Waals surface area contributed by atoms with Crippen LogP contribution < -0.4 is 15.6 Å². The predicted molar refractivity (Wildman–Crippen MR) is 95.8 cm³/mol. The zero-order chi connectivity index (χ0) is 18.4. The number of hydrogen-bond donors (Lipinski definition) is 2. The highest BCUT2D eigenvalue weighted by Crippen LogP contribution is 2.23. The fraction of sp³-hybridized carbons (Fsp3) is 0.278. The van der Waals surface area contributed by atoms with Crippen molar-refractivity contribution in [2.24, 2.45) is 0 Å². The molecule has 7 heteroatoms. The van der Waals surface area contributed by atoms with E-state index in [1.54, 1.807) is 12.1 Å². The SMILES string of the molecule is CCc1ccc(C(=O)NNC(=O)c2cnc(OC(C)C)c(Cl)c2)cc1. The van der Waals surface area contributed by atoms with Gasteiger partial charge in [-0.15, -0.1) is 0 Å². The normalized spacial score (nSPS) is 10.4. The van der Waals surface area contributed by atoms with E-state index in [0.717, 1.165) is 12.0 Å². The molecule has 0 aliphatic heterocycles. The van der Waals surface area contributed by atoms with Gasteiger partial charge in [0, 0.05) is 11.8 Å².